The third-order valence-electron chi connectivity index (χ3n) is 4.36. The first-order chi connectivity index (χ1) is 14.8. The van der Waals surface area contributed by atoms with E-state index in [1.54, 1.807) is 12.2 Å². The maximum atomic E-state index is 12.3. The van der Waals surface area contributed by atoms with Gasteiger partial charge in [-0.1, -0.05) is 70.4 Å². The van der Waals surface area contributed by atoms with Crippen LogP contribution in [0.25, 0.3) is 0 Å². The van der Waals surface area contributed by atoms with Gasteiger partial charge in [-0.25, -0.2) is 5.10 Å². The molecule has 6 heteroatoms. The number of nitrogens with one attached hydrogen (secondary N) is 2. The summed E-state index contributed by atoms with van der Waals surface area (Å²) in [6.07, 6.45) is 7.13. The normalized spacial score (nSPS) is 11.4. The monoisotopic (exact) mass is 423 g/mol. The van der Waals surface area contributed by atoms with E-state index in [1.165, 1.54) is 11.6 Å². The molecule has 2 N–H and O–H groups in total. The standard InChI is InChI=1S/C21H27N3O3.C4H6/c1-5-7-15(4)19-13-18(21(26)24-23-19)20(25)22-10-11-27-17-9-6-8-16(12-17)14(2)3;1-3-4-2/h5-9,12-15H,10-11H2,1-4H3,(H,22,25)(H,24,26);3-4H,1-2H2/b7-5-;. The van der Waals surface area contributed by atoms with Crippen LogP contribution in [0.15, 0.2) is 72.6 Å². The Labute approximate surface area is 184 Å². The molecule has 1 amide bonds. The summed E-state index contributed by atoms with van der Waals surface area (Å²) in [4.78, 5) is 24.2. The van der Waals surface area contributed by atoms with Gasteiger partial charge in [0.15, 0.2) is 0 Å². The van der Waals surface area contributed by atoms with Gasteiger partial charge in [0.2, 0.25) is 0 Å². The Morgan fingerprint density at radius 1 is 1.23 bits per heavy atom. The molecule has 2 aromatic rings. The summed E-state index contributed by atoms with van der Waals surface area (Å²) in [6.45, 7) is 15.4. The number of hydrogen-bond donors (Lipinski definition) is 2. The van der Waals surface area contributed by atoms with E-state index in [2.05, 4.69) is 48.6 Å². The minimum atomic E-state index is -0.505. The molecule has 31 heavy (non-hydrogen) atoms. The number of carbonyl (C=O) groups is 1. The zero-order valence-electron chi connectivity index (χ0n) is 18.9. The van der Waals surface area contributed by atoms with Gasteiger partial charge in [0.25, 0.3) is 11.5 Å². The van der Waals surface area contributed by atoms with E-state index < -0.39 is 11.5 Å². The molecule has 1 heterocycles. The van der Waals surface area contributed by atoms with Gasteiger partial charge in [0, 0.05) is 5.92 Å². The van der Waals surface area contributed by atoms with Gasteiger partial charge in [-0.05, 0) is 36.6 Å². The molecule has 0 saturated heterocycles. The SMILES string of the molecule is C/C=C\C(C)c1cc(C(=O)NCCOc2cccc(C(C)C)c2)c(=O)[nH]n1.C=CC=C. The second-order valence-electron chi connectivity index (χ2n) is 7.15. The molecular formula is C25H33N3O3. The smallest absolute Gasteiger partial charge is 0.277 e. The van der Waals surface area contributed by atoms with E-state index in [-0.39, 0.29) is 11.5 Å². The maximum Gasteiger partial charge on any atom is 0.277 e. The molecule has 6 nitrogen and oxygen atoms in total. The van der Waals surface area contributed by atoms with Crippen molar-refractivity contribution in [2.24, 2.45) is 0 Å². The first-order valence-electron chi connectivity index (χ1n) is 10.3. The third kappa shape index (κ3) is 8.86. The fourth-order valence-corrected chi connectivity index (χ4v) is 2.60. The van der Waals surface area contributed by atoms with Crippen LogP contribution in [0.4, 0.5) is 0 Å². The Morgan fingerprint density at radius 2 is 1.94 bits per heavy atom. The van der Waals surface area contributed by atoms with Crippen molar-refractivity contribution in [1.29, 1.82) is 0 Å². The number of allylic oxidation sites excluding steroid dienone is 4. The number of benzene rings is 1. The van der Waals surface area contributed by atoms with E-state index in [0.717, 1.165) is 5.75 Å². The second-order valence-corrected chi connectivity index (χ2v) is 7.15. The van der Waals surface area contributed by atoms with Crippen LogP contribution in [0.2, 0.25) is 0 Å². The van der Waals surface area contributed by atoms with Crippen LogP contribution in [0.1, 0.15) is 61.1 Å². The summed E-state index contributed by atoms with van der Waals surface area (Å²) in [5, 5.41) is 9.11. The summed E-state index contributed by atoms with van der Waals surface area (Å²) in [5.41, 5.74) is 1.38. The molecular weight excluding hydrogens is 390 g/mol. The molecule has 0 aliphatic rings. The molecule has 0 fully saturated rings. The van der Waals surface area contributed by atoms with Gasteiger partial charge in [-0.3, -0.25) is 9.59 Å². The van der Waals surface area contributed by atoms with Crippen molar-refractivity contribution in [3.8, 4) is 5.75 Å². The van der Waals surface area contributed by atoms with Crippen LogP contribution in [-0.2, 0) is 0 Å². The number of H-pyrrole nitrogens is 1. The molecule has 1 aromatic carbocycles. The number of carbonyl (C=O) groups excluding carboxylic acids is 1. The number of aromatic amines is 1. The number of aromatic nitrogens is 2. The van der Waals surface area contributed by atoms with E-state index >= 15 is 0 Å². The second kappa shape index (κ2) is 13.7. The number of hydrogen-bond acceptors (Lipinski definition) is 4. The molecule has 1 aromatic heterocycles. The van der Waals surface area contributed by atoms with Crippen molar-refractivity contribution in [1.82, 2.24) is 15.5 Å². The van der Waals surface area contributed by atoms with Gasteiger partial charge >= 0.3 is 0 Å². The van der Waals surface area contributed by atoms with Crippen molar-refractivity contribution < 1.29 is 9.53 Å². The van der Waals surface area contributed by atoms with Crippen LogP contribution in [0, 0.1) is 0 Å². The summed E-state index contributed by atoms with van der Waals surface area (Å²) in [6, 6.07) is 9.42. The largest absolute Gasteiger partial charge is 0.492 e. The van der Waals surface area contributed by atoms with Crippen LogP contribution in [0.5, 0.6) is 5.75 Å². The zero-order valence-corrected chi connectivity index (χ0v) is 18.9. The van der Waals surface area contributed by atoms with Gasteiger partial charge in [-0.2, -0.15) is 5.10 Å². The highest BCUT2D eigenvalue weighted by molar-refractivity contribution is 5.93. The molecule has 1 atom stereocenters. The summed E-state index contributed by atoms with van der Waals surface area (Å²) in [7, 11) is 0. The van der Waals surface area contributed by atoms with Gasteiger partial charge in [0.1, 0.15) is 17.9 Å². The predicted molar refractivity (Wildman–Crippen MR) is 127 cm³/mol. The van der Waals surface area contributed by atoms with E-state index in [4.69, 9.17) is 4.74 Å². The highest BCUT2D eigenvalue weighted by atomic mass is 16.5. The molecule has 0 saturated carbocycles. The molecule has 166 valence electrons. The Balaban J connectivity index is 0.00000110. The molecule has 0 spiro atoms. The lowest BCUT2D eigenvalue weighted by atomic mass is 10.0. The average molecular weight is 424 g/mol. The Morgan fingerprint density at radius 3 is 2.55 bits per heavy atom. The van der Waals surface area contributed by atoms with Crippen LogP contribution in [0.3, 0.4) is 0 Å². The molecule has 0 aliphatic heterocycles. The first kappa shape index (κ1) is 25.6. The minimum absolute atomic E-state index is 0.00923. The fourth-order valence-electron chi connectivity index (χ4n) is 2.60. The fraction of sp³-hybridized carbons (Fsp3) is 0.320. The van der Waals surface area contributed by atoms with Gasteiger partial charge < -0.3 is 10.1 Å². The molecule has 1 unspecified atom stereocenters. The van der Waals surface area contributed by atoms with Gasteiger partial charge in [-0.15, -0.1) is 0 Å². The number of ether oxygens (including phenoxy) is 1. The van der Waals surface area contributed by atoms with E-state index in [1.807, 2.05) is 44.2 Å². The quantitative estimate of drug-likeness (QED) is 0.347. The lowest BCUT2D eigenvalue weighted by Gasteiger charge is -2.11. The zero-order chi connectivity index (χ0) is 23.2. The first-order valence-corrected chi connectivity index (χ1v) is 10.3. The van der Waals surface area contributed by atoms with Gasteiger partial charge in [0.05, 0.1) is 12.2 Å². The minimum Gasteiger partial charge on any atom is -0.492 e. The molecule has 0 radical (unpaired) electrons. The third-order valence-corrected chi connectivity index (χ3v) is 4.36. The average Bonchev–Trinajstić information content (AvgIpc) is 2.77. The molecule has 0 aliphatic carbocycles. The summed E-state index contributed by atoms with van der Waals surface area (Å²) in [5.74, 6) is 0.757. The Kier molecular flexibility index (Phi) is 11.4. The topological polar surface area (TPSA) is 84.1 Å². The van der Waals surface area contributed by atoms with E-state index in [0.29, 0.717) is 24.8 Å². The summed E-state index contributed by atoms with van der Waals surface area (Å²) < 4.78 is 5.69. The number of amides is 1. The number of rotatable bonds is 9. The van der Waals surface area contributed by atoms with Crippen LogP contribution in [-0.4, -0.2) is 29.3 Å². The Hall–Kier alpha value is -3.41. The summed E-state index contributed by atoms with van der Waals surface area (Å²) >= 11 is 0. The van der Waals surface area contributed by atoms with Crippen LogP contribution < -0.4 is 15.6 Å². The van der Waals surface area contributed by atoms with Crippen LogP contribution >= 0.6 is 0 Å². The van der Waals surface area contributed by atoms with E-state index in [9.17, 15) is 9.59 Å². The van der Waals surface area contributed by atoms with Crippen molar-refractivity contribution in [2.45, 2.75) is 39.5 Å². The lowest BCUT2D eigenvalue weighted by Crippen LogP contribution is -2.33. The van der Waals surface area contributed by atoms with Crippen molar-refractivity contribution in [3.63, 3.8) is 0 Å². The molecule has 0 bridgehead atoms. The molecule has 2 rings (SSSR count). The highest BCUT2D eigenvalue weighted by Gasteiger charge is 2.14. The highest BCUT2D eigenvalue weighted by Crippen LogP contribution is 2.20. The van der Waals surface area contributed by atoms with Crippen molar-refractivity contribution in [2.75, 3.05) is 13.2 Å². The maximum absolute atomic E-state index is 12.3. The predicted octanol–water partition coefficient (Wildman–Crippen LogP) is 4.74. The Bertz CT molecular complexity index is 939. The van der Waals surface area contributed by atoms with Crippen molar-refractivity contribution >= 4 is 5.91 Å². The number of nitrogens with zero attached hydrogens (tertiary/aromatic N) is 1. The lowest BCUT2D eigenvalue weighted by molar-refractivity contribution is 0.0945. The van der Waals surface area contributed by atoms with Crippen molar-refractivity contribution in [3.05, 3.63) is 95.0 Å².